The number of ether oxygens (including phenoxy) is 1. The summed E-state index contributed by atoms with van der Waals surface area (Å²) in [5.74, 6) is -4.62. The number of carbonyl (C=O) groups excluding carboxylic acids is 3. The molecule has 1 aliphatic heterocycles. The Balaban J connectivity index is 2.01. The van der Waals surface area contributed by atoms with Crippen molar-refractivity contribution in [2.45, 2.75) is 51.1 Å². The summed E-state index contributed by atoms with van der Waals surface area (Å²) in [4.78, 5) is 39.0. The minimum atomic E-state index is -1.30. The summed E-state index contributed by atoms with van der Waals surface area (Å²) < 4.78 is 45.3. The van der Waals surface area contributed by atoms with E-state index in [2.05, 4.69) is 5.32 Å². The second-order valence-corrected chi connectivity index (χ2v) is 9.01. The molecule has 1 unspecified atom stereocenters. The molecule has 3 atom stereocenters. The van der Waals surface area contributed by atoms with E-state index in [0.717, 1.165) is 6.07 Å². The van der Waals surface area contributed by atoms with Crippen molar-refractivity contribution >= 4 is 29.5 Å². The highest BCUT2D eigenvalue weighted by molar-refractivity contribution is 8.00. The summed E-state index contributed by atoms with van der Waals surface area (Å²) in [6.45, 7) is 5.68. The number of nitrogens with zero attached hydrogens (tertiary/aromatic N) is 1. The lowest BCUT2D eigenvalue weighted by Crippen LogP contribution is -2.52. The Hall–Kier alpha value is -2.27. The normalized spacial score (nSPS) is 17.9. The summed E-state index contributed by atoms with van der Waals surface area (Å²) in [5, 5.41) is 1.81. The SMILES string of the molecule is CCOC(=O)[C@@H](NC(=O)C1SCCN1C(=O)C[C@H](N)Cc1cc(F)c(F)cc1F)C(C)C. The predicted octanol–water partition coefficient (Wildman–Crippen LogP) is 1.97. The third-order valence-corrected chi connectivity index (χ3v) is 6.15. The number of hydrogen-bond donors (Lipinski definition) is 2. The molecule has 3 N–H and O–H groups in total. The lowest BCUT2D eigenvalue weighted by molar-refractivity contribution is -0.149. The third kappa shape index (κ3) is 6.61. The molecule has 0 saturated carbocycles. The zero-order valence-electron chi connectivity index (χ0n) is 18.2. The van der Waals surface area contributed by atoms with E-state index in [0.29, 0.717) is 18.4 Å². The first-order valence-corrected chi connectivity index (χ1v) is 11.4. The van der Waals surface area contributed by atoms with Gasteiger partial charge in [0.2, 0.25) is 5.91 Å². The van der Waals surface area contributed by atoms with Gasteiger partial charge in [-0.3, -0.25) is 9.59 Å². The van der Waals surface area contributed by atoms with Crippen LogP contribution >= 0.6 is 11.8 Å². The Bertz CT molecular complexity index is 856. The molecule has 11 heteroatoms. The van der Waals surface area contributed by atoms with Crippen molar-refractivity contribution < 1.29 is 32.3 Å². The highest BCUT2D eigenvalue weighted by atomic mass is 32.2. The molecule has 1 aromatic carbocycles. The molecule has 0 aromatic heterocycles. The standard InChI is InChI=1S/C21H28F3N3O4S/c1-4-31-21(30)18(11(2)3)26-19(29)20-27(5-6-32-20)17(28)9-13(25)7-12-8-15(23)16(24)10-14(12)22/h8,10-11,13,18,20H,4-7,9,25H2,1-3H3,(H,26,29)/t13-,18+,20?/m1/s1. The topological polar surface area (TPSA) is 102 Å². The molecule has 1 aromatic rings. The maximum absolute atomic E-state index is 13.9. The van der Waals surface area contributed by atoms with E-state index < -0.39 is 52.7 Å². The summed E-state index contributed by atoms with van der Waals surface area (Å²) in [7, 11) is 0. The molecule has 1 aliphatic rings. The van der Waals surface area contributed by atoms with Gasteiger partial charge in [-0.25, -0.2) is 18.0 Å². The van der Waals surface area contributed by atoms with E-state index in [1.54, 1.807) is 20.8 Å². The number of amides is 2. The van der Waals surface area contributed by atoms with Crippen LogP contribution in [0.4, 0.5) is 13.2 Å². The van der Waals surface area contributed by atoms with Gasteiger partial charge < -0.3 is 20.7 Å². The van der Waals surface area contributed by atoms with Gasteiger partial charge in [-0.1, -0.05) is 13.8 Å². The molecule has 0 radical (unpaired) electrons. The number of nitrogens with one attached hydrogen (secondary N) is 1. The molecule has 1 fully saturated rings. The van der Waals surface area contributed by atoms with Crippen LogP contribution in [0, 0.1) is 23.4 Å². The lowest BCUT2D eigenvalue weighted by Gasteiger charge is -2.27. The Morgan fingerprint density at radius 1 is 1.22 bits per heavy atom. The van der Waals surface area contributed by atoms with Gasteiger partial charge in [-0.15, -0.1) is 11.8 Å². The van der Waals surface area contributed by atoms with Gasteiger partial charge in [0, 0.05) is 30.8 Å². The number of carbonyl (C=O) groups is 3. The Morgan fingerprint density at radius 3 is 2.50 bits per heavy atom. The average molecular weight is 476 g/mol. The van der Waals surface area contributed by atoms with Crippen LogP contribution in [0.15, 0.2) is 12.1 Å². The van der Waals surface area contributed by atoms with Gasteiger partial charge in [0.05, 0.1) is 6.61 Å². The molecule has 32 heavy (non-hydrogen) atoms. The van der Waals surface area contributed by atoms with Crippen molar-refractivity contribution in [2.24, 2.45) is 11.7 Å². The van der Waals surface area contributed by atoms with Crippen LogP contribution in [0.2, 0.25) is 0 Å². The quantitative estimate of drug-likeness (QED) is 0.418. The average Bonchev–Trinajstić information content (AvgIpc) is 3.20. The highest BCUT2D eigenvalue weighted by Crippen LogP contribution is 2.26. The fourth-order valence-electron chi connectivity index (χ4n) is 3.31. The summed E-state index contributed by atoms with van der Waals surface area (Å²) in [6, 6.07) is -0.553. The van der Waals surface area contributed by atoms with E-state index >= 15 is 0 Å². The summed E-state index contributed by atoms with van der Waals surface area (Å²) in [5.41, 5.74) is 5.81. The highest BCUT2D eigenvalue weighted by Gasteiger charge is 2.37. The van der Waals surface area contributed by atoms with Gasteiger partial charge in [-0.2, -0.15) is 0 Å². The molecule has 7 nitrogen and oxygen atoms in total. The van der Waals surface area contributed by atoms with E-state index in [1.807, 2.05) is 0 Å². The lowest BCUT2D eigenvalue weighted by atomic mass is 10.0. The first kappa shape index (κ1) is 26.0. The number of halogens is 3. The van der Waals surface area contributed by atoms with E-state index in [1.165, 1.54) is 16.7 Å². The zero-order chi connectivity index (χ0) is 24.0. The van der Waals surface area contributed by atoms with Crippen LogP contribution in [0.1, 0.15) is 32.8 Å². The number of thioether (sulfide) groups is 1. The molecule has 2 amide bonds. The monoisotopic (exact) mass is 475 g/mol. The van der Waals surface area contributed by atoms with Crippen LogP contribution in [0.25, 0.3) is 0 Å². The minimum absolute atomic E-state index is 0.136. The van der Waals surface area contributed by atoms with Gasteiger partial charge in [0.25, 0.3) is 5.91 Å². The minimum Gasteiger partial charge on any atom is -0.464 e. The maximum Gasteiger partial charge on any atom is 0.328 e. The van der Waals surface area contributed by atoms with Crippen molar-refractivity contribution in [3.05, 3.63) is 35.1 Å². The molecule has 0 spiro atoms. The largest absolute Gasteiger partial charge is 0.464 e. The van der Waals surface area contributed by atoms with Crippen LogP contribution in [-0.4, -0.2) is 59.0 Å². The zero-order valence-corrected chi connectivity index (χ0v) is 19.0. The maximum atomic E-state index is 13.9. The molecule has 1 heterocycles. The number of esters is 1. The number of rotatable bonds is 9. The Kier molecular flexibility index (Phi) is 9.38. The smallest absolute Gasteiger partial charge is 0.328 e. The van der Waals surface area contributed by atoms with Gasteiger partial charge >= 0.3 is 5.97 Å². The predicted molar refractivity (Wildman–Crippen MR) is 114 cm³/mol. The molecule has 2 rings (SSSR count). The molecular formula is C21H28F3N3O4S. The van der Waals surface area contributed by atoms with Crippen LogP contribution in [0.5, 0.6) is 0 Å². The first-order chi connectivity index (χ1) is 15.0. The number of hydrogen-bond acceptors (Lipinski definition) is 6. The van der Waals surface area contributed by atoms with Gasteiger partial charge in [-0.05, 0) is 30.9 Å². The van der Waals surface area contributed by atoms with Crippen molar-refractivity contribution in [2.75, 3.05) is 18.9 Å². The van der Waals surface area contributed by atoms with E-state index in [4.69, 9.17) is 10.5 Å². The van der Waals surface area contributed by atoms with Crippen LogP contribution < -0.4 is 11.1 Å². The van der Waals surface area contributed by atoms with Crippen molar-refractivity contribution in [3.8, 4) is 0 Å². The van der Waals surface area contributed by atoms with Crippen molar-refractivity contribution in [1.29, 1.82) is 0 Å². The van der Waals surface area contributed by atoms with E-state index in [9.17, 15) is 27.6 Å². The fraction of sp³-hybridized carbons (Fsp3) is 0.571. The van der Waals surface area contributed by atoms with Gasteiger partial charge in [0.1, 0.15) is 11.9 Å². The van der Waals surface area contributed by atoms with Crippen molar-refractivity contribution in [1.82, 2.24) is 10.2 Å². The molecule has 1 saturated heterocycles. The molecule has 0 bridgehead atoms. The summed E-state index contributed by atoms with van der Waals surface area (Å²) in [6.07, 6.45) is -0.390. The van der Waals surface area contributed by atoms with Crippen LogP contribution in [0.3, 0.4) is 0 Å². The first-order valence-electron chi connectivity index (χ1n) is 10.3. The Morgan fingerprint density at radius 2 is 1.88 bits per heavy atom. The summed E-state index contributed by atoms with van der Waals surface area (Å²) >= 11 is 1.25. The molecule has 0 aliphatic carbocycles. The number of nitrogens with two attached hydrogens (primary N) is 1. The van der Waals surface area contributed by atoms with Crippen molar-refractivity contribution in [3.63, 3.8) is 0 Å². The fourth-order valence-corrected chi connectivity index (χ4v) is 4.46. The molecule has 178 valence electrons. The second-order valence-electron chi connectivity index (χ2n) is 7.82. The van der Waals surface area contributed by atoms with E-state index in [-0.39, 0.29) is 30.9 Å². The second kappa shape index (κ2) is 11.6. The van der Waals surface area contributed by atoms with Gasteiger partial charge in [0.15, 0.2) is 17.0 Å². The molecular weight excluding hydrogens is 447 g/mol. The Labute approximate surface area is 189 Å². The number of benzene rings is 1. The third-order valence-electron chi connectivity index (χ3n) is 4.95. The van der Waals surface area contributed by atoms with Crippen LogP contribution in [-0.2, 0) is 25.5 Å².